The third kappa shape index (κ3) is 5210. The standard InChI is InChI=1S/Fe.3H2O4S.Ti/c;3*1-5(2,3)4;/h;3*(H2,1,2,3,4);/q+2;;;;+4/p-6. The first-order valence-electron chi connectivity index (χ1n) is 2.00. The Morgan fingerprint density at radius 1 is 0.471 bits per heavy atom. The molecule has 0 atom stereocenters. The van der Waals surface area contributed by atoms with Crippen LogP contribution in [0.4, 0.5) is 0 Å². The molecule has 0 aliphatic carbocycles. The van der Waals surface area contributed by atoms with Crippen molar-refractivity contribution in [1.82, 2.24) is 0 Å². The second-order valence-electron chi connectivity index (χ2n) is 1.22. The van der Waals surface area contributed by atoms with Crippen molar-refractivity contribution in [3.05, 3.63) is 0 Å². The van der Waals surface area contributed by atoms with E-state index in [4.69, 9.17) is 52.6 Å². The Kier molecular flexibility index (Phi) is 21.5. The first-order chi connectivity index (χ1) is 6.00. The molecule has 0 aromatic heterocycles. The van der Waals surface area contributed by atoms with Crippen LogP contribution in [0.25, 0.3) is 0 Å². The number of hydrogen-bond donors (Lipinski definition) is 0. The van der Waals surface area contributed by atoms with E-state index in [0.29, 0.717) is 0 Å². The van der Waals surface area contributed by atoms with Gasteiger partial charge in [0.1, 0.15) is 0 Å². The molecule has 17 heteroatoms. The zero-order valence-corrected chi connectivity index (χ0v) is 12.1. The zero-order chi connectivity index (χ0) is 13.5. The van der Waals surface area contributed by atoms with E-state index in [-0.39, 0.29) is 38.8 Å². The predicted molar refractivity (Wildman–Crippen MR) is 31.4 cm³/mol. The van der Waals surface area contributed by atoms with Gasteiger partial charge in [-0.25, -0.2) is 0 Å². The fourth-order valence-electron chi connectivity index (χ4n) is 0. The summed E-state index contributed by atoms with van der Waals surface area (Å²) in [6.45, 7) is 0. The predicted octanol–water partition coefficient (Wildman–Crippen LogP) is -4.02. The molecule has 0 amide bonds. The summed E-state index contributed by atoms with van der Waals surface area (Å²) in [6.07, 6.45) is 0. The van der Waals surface area contributed by atoms with Crippen LogP contribution in [0.3, 0.4) is 0 Å². The summed E-state index contributed by atoms with van der Waals surface area (Å²) >= 11 is 0. The van der Waals surface area contributed by atoms with Crippen molar-refractivity contribution >= 4 is 31.2 Å². The molecule has 17 heavy (non-hydrogen) atoms. The first kappa shape index (κ1) is 30.7. The van der Waals surface area contributed by atoms with Crippen LogP contribution in [0.5, 0.6) is 0 Å². The molecular formula is FeO12S3Ti. The molecule has 0 aliphatic rings. The molecule has 0 heterocycles. The molecule has 12 nitrogen and oxygen atoms in total. The van der Waals surface area contributed by atoms with Gasteiger partial charge in [0.05, 0.1) is 0 Å². The molecule has 0 spiro atoms. The topological polar surface area (TPSA) is 241 Å². The molecule has 0 radical (unpaired) electrons. The second kappa shape index (κ2) is 11.9. The first-order valence-corrected chi connectivity index (χ1v) is 6.00. The van der Waals surface area contributed by atoms with Crippen molar-refractivity contribution in [2.75, 3.05) is 0 Å². The van der Waals surface area contributed by atoms with E-state index in [1.54, 1.807) is 0 Å². The summed E-state index contributed by atoms with van der Waals surface area (Å²) in [6, 6.07) is 0. The van der Waals surface area contributed by atoms with Crippen molar-refractivity contribution in [3.63, 3.8) is 0 Å². The van der Waals surface area contributed by atoms with Crippen molar-refractivity contribution in [3.8, 4) is 0 Å². The van der Waals surface area contributed by atoms with Gasteiger partial charge in [0.2, 0.25) is 0 Å². The largest absolute Gasteiger partial charge is 4.00 e. The minimum atomic E-state index is -5.17. The quantitative estimate of drug-likeness (QED) is 0.217. The Balaban J connectivity index is -0.0000000400. The van der Waals surface area contributed by atoms with Gasteiger partial charge in [0.25, 0.3) is 0 Å². The Morgan fingerprint density at radius 3 is 0.471 bits per heavy atom. The fourth-order valence-corrected chi connectivity index (χ4v) is 0. The summed E-state index contributed by atoms with van der Waals surface area (Å²) < 4.78 is 102. The molecule has 0 fully saturated rings. The van der Waals surface area contributed by atoms with Gasteiger partial charge >= 0.3 is 38.8 Å². The van der Waals surface area contributed by atoms with Crippen LogP contribution >= 0.6 is 0 Å². The van der Waals surface area contributed by atoms with Gasteiger partial charge in [-0.2, -0.15) is 0 Å². The second-order valence-corrected chi connectivity index (χ2v) is 3.67. The Morgan fingerprint density at radius 2 is 0.471 bits per heavy atom. The zero-order valence-electron chi connectivity index (χ0n) is 6.98. The van der Waals surface area contributed by atoms with Gasteiger partial charge in [-0.3, -0.25) is 25.3 Å². The average Bonchev–Trinajstić information content (AvgIpc) is 1.41. The summed E-state index contributed by atoms with van der Waals surface area (Å²) in [4.78, 5) is 0. The van der Waals surface area contributed by atoms with Crippen molar-refractivity contribution < 1.29 is 91.4 Å². The molecule has 102 valence electrons. The smallest absolute Gasteiger partial charge is 0.759 e. The van der Waals surface area contributed by atoms with Gasteiger partial charge in [-0.1, -0.05) is 0 Å². The van der Waals surface area contributed by atoms with E-state index in [9.17, 15) is 0 Å². The molecule has 0 rings (SSSR count). The van der Waals surface area contributed by atoms with Crippen LogP contribution in [0, 0.1) is 0 Å². The molecule has 0 saturated carbocycles. The SMILES string of the molecule is O=S(=O)([O-])[O-].O=S(=O)([O-])[O-].O=S(=O)([O-])[O-].[Fe+2].[Ti+4]. The Hall–Kier alpha value is 0.844. The molecule has 0 bridgehead atoms. The molecule has 0 aromatic carbocycles. The van der Waals surface area contributed by atoms with Crippen LogP contribution < -0.4 is 0 Å². The normalized spacial score (nSPS) is 10.2. The van der Waals surface area contributed by atoms with Crippen molar-refractivity contribution in [2.24, 2.45) is 0 Å². The van der Waals surface area contributed by atoms with Gasteiger partial charge < -0.3 is 27.3 Å². The van der Waals surface area contributed by atoms with E-state index < -0.39 is 31.2 Å². The summed E-state index contributed by atoms with van der Waals surface area (Å²) in [5, 5.41) is 0. The third-order valence-corrected chi connectivity index (χ3v) is 0. The maximum atomic E-state index is 8.52. The van der Waals surface area contributed by atoms with Gasteiger partial charge in [-0.05, 0) is 0 Å². The van der Waals surface area contributed by atoms with Gasteiger partial charge in [0.15, 0.2) is 0 Å². The van der Waals surface area contributed by atoms with Crippen molar-refractivity contribution in [1.29, 1.82) is 0 Å². The Labute approximate surface area is 122 Å². The van der Waals surface area contributed by atoms with Gasteiger partial charge in [-0.15, -0.1) is 0 Å². The average molecular weight is 392 g/mol. The number of rotatable bonds is 0. The van der Waals surface area contributed by atoms with Gasteiger partial charge in [0, 0.05) is 31.2 Å². The van der Waals surface area contributed by atoms with Crippen LogP contribution in [0.15, 0.2) is 0 Å². The monoisotopic (exact) mass is 392 g/mol. The van der Waals surface area contributed by atoms with E-state index in [2.05, 4.69) is 0 Å². The molecular weight excluding hydrogens is 392 g/mol. The Bertz CT molecular complexity index is 343. The summed E-state index contributed by atoms with van der Waals surface area (Å²) in [5.74, 6) is 0. The summed E-state index contributed by atoms with van der Waals surface area (Å²) in [7, 11) is -15.5. The van der Waals surface area contributed by atoms with E-state index >= 15 is 0 Å². The van der Waals surface area contributed by atoms with E-state index in [1.165, 1.54) is 0 Å². The van der Waals surface area contributed by atoms with Crippen LogP contribution in [0.1, 0.15) is 0 Å². The van der Waals surface area contributed by atoms with Crippen LogP contribution in [0.2, 0.25) is 0 Å². The molecule has 0 aromatic rings. The molecule has 0 unspecified atom stereocenters. The minimum Gasteiger partial charge on any atom is -0.759 e. The van der Waals surface area contributed by atoms with E-state index in [0.717, 1.165) is 0 Å². The van der Waals surface area contributed by atoms with Crippen LogP contribution in [-0.4, -0.2) is 52.6 Å². The van der Waals surface area contributed by atoms with Crippen LogP contribution in [-0.2, 0) is 70.0 Å². The fraction of sp³-hybridized carbons (Fsp3) is 0. The van der Waals surface area contributed by atoms with E-state index in [1.807, 2.05) is 0 Å². The minimum absolute atomic E-state index is 0. The molecule has 0 saturated heterocycles. The molecule has 0 aliphatic heterocycles. The third-order valence-electron chi connectivity index (χ3n) is 0. The number of hydrogen-bond acceptors (Lipinski definition) is 12. The maximum absolute atomic E-state index is 8.52. The molecule has 0 N–H and O–H groups in total. The maximum Gasteiger partial charge on any atom is 4.00 e. The summed E-state index contributed by atoms with van der Waals surface area (Å²) in [5.41, 5.74) is 0. The van der Waals surface area contributed by atoms with Crippen molar-refractivity contribution in [2.45, 2.75) is 0 Å².